The van der Waals surface area contributed by atoms with Crippen molar-refractivity contribution in [3.05, 3.63) is 39.9 Å². The number of aromatic nitrogens is 1. The smallest absolute Gasteiger partial charge is 0.321 e. The first-order valence-corrected chi connectivity index (χ1v) is 10.3. The summed E-state index contributed by atoms with van der Waals surface area (Å²) in [4.78, 5) is 28.7. The van der Waals surface area contributed by atoms with Crippen LogP contribution in [0.1, 0.15) is 43.4 Å². The molecule has 144 valence electrons. The van der Waals surface area contributed by atoms with E-state index in [9.17, 15) is 9.59 Å². The fourth-order valence-corrected chi connectivity index (χ4v) is 3.99. The molecule has 0 saturated heterocycles. The topological polar surface area (TPSA) is 83.1 Å². The molecular weight excluding hydrogens is 384 g/mol. The third-order valence-corrected chi connectivity index (χ3v) is 5.81. The summed E-state index contributed by atoms with van der Waals surface area (Å²) in [5.74, 6) is -0.177. The SMILES string of the molecule is Cc1c(Cl)cccc1NC(=O)Cc1csc(NC(=O)NC2CCCCC2)n1. The average Bonchev–Trinajstić information content (AvgIpc) is 3.06. The summed E-state index contributed by atoms with van der Waals surface area (Å²) in [6, 6.07) is 5.39. The summed E-state index contributed by atoms with van der Waals surface area (Å²) >= 11 is 7.38. The lowest BCUT2D eigenvalue weighted by molar-refractivity contribution is -0.115. The highest BCUT2D eigenvalue weighted by molar-refractivity contribution is 7.13. The molecule has 6 nitrogen and oxygen atoms in total. The molecule has 3 rings (SSSR count). The Balaban J connectivity index is 1.50. The van der Waals surface area contributed by atoms with Crippen molar-refractivity contribution < 1.29 is 9.59 Å². The summed E-state index contributed by atoms with van der Waals surface area (Å²) in [7, 11) is 0. The number of halogens is 1. The van der Waals surface area contributed by atoms with Gasteiger partial charge in [0.15, 0.2) is 5.13 Å². The van der Waals surface area contributed by atoms with E-state index in [1.807, 2.05) is 13.0 Å². The second-order valence-corrected chi connectivity index (χ2v) is 7.98. The van der Waals surface area contributed by atoms with Gasteiger partial charge in [-0.05, 0) is 37.5 Å². The predicted octanol–water partition coefficient (Wildman–Crippen LogP) is 4.74. The Bertz CT molecular complexity index is 818. The van der Waals surface area contributed by atoms with Crippen molar-refractivity contribution in [1.29, 1.82) is 0 Å². The quantitative estimate of drug-likeness (QED) is 0.670. The number of hydrogen-bond acceptors (Lipinski definition) is 4. The second kappa shape index (κ2) is 9.19. The Morgan fingerprint density at radius 2 is 2.00 bits per heavy atom. The molecule has 0 unspecified atom stereocenters. The molecule has 3 amide bonds. The van der Waals surface area contributed by atoms with Gasteiger partial charge in [-0.1, -0.05) is 36.9 Å². The lowest BCUT2D eigenvalue weighted by atomic mass is 9.96. The second-order valence-electron chi connectivity index (χ2n) is 6.71. The minimum atomic E-state index is -0.234. The van der Waals surface area contributed by atoms with Crippen LogP contribution in [0.3, 0.4) is 0 Å². The average molecular weight is 407 g/mol. The van der Waals surface area contributed by atoms with E-state index in [4.69, 9.17) is 11.6 Å². The van der Waals surface area contributed by atoms with Gasteiger partial charge in [-0.3, -0.25) is 10.1 Å². The van der Waals surface area contributed by atoms with Crippen molar-refractivity contribution in [3.63, 3.8) is 0 Å². The molecule has 1 aliphatic rings. The van der Waals surface area contributed by atoms with Crippen LogP contribution in [-0.2, 0) is 11.2 Å². The fraction of sp³-hybridized carbons (Fsp3) is 0.421. The standard InChI is InChI=1S/C19H23ClN4O2S/c1-12-15(20)8-5-9-16(12)23-17(25)10-14-11-27-19(22-14)24-18(26)21-13-6-3-2-4-7-13/h5,8-9,11,13H,2-4,6-7,10H2,1H3,(H,23,25)(H2,21,22,24,26). The van der Waals surface area contributed by atoms with E-state index in [2.05, 4.69) is 20.9 Å². The van der Waals surface area contributed by atoms with Crippen molar-refractivity contribution in [1.82, 2.24) is 10.3 Å². The summed E-state index contributed by atoms with van der Waals surface area (Å²) < 4.78 is 0. The van der Waals surface area contributed by atoms with E-state index in [1.54, 1.807) is 17.5 Å². The van der Waals surface area contributed by atoms with E-state index in [0.29, 0.717) is 21.5 Å². The number of anilines is 2. The summed E-state index contributed by atoms with van der Waals surface area (Å²) in [6.07, 6.45) is 5.75. The Morgan fingerprint density at radius 1 is 1.22 bits per heavy atom. The van der Waals surface area contributed by atoms with E-state index in [-0.39, 0.29) is 24.4 Å². The monoisotopic (exact) mass is 406 g/mol. The van der Waals surface area contributed by atoms with Crippen molar-refractivity contribution in [3.8, 4) is 0 Å². The molecule has 3 N–H and O–H groups in total. The van der Waals surface area contributed by atoms with Crippen molar-refractivity contribution in [2.75, 3.05) is 10.6 Å². The van der Waals surface area contributed by atoms with Gasteiger partial charge in [0.1, 0.15) is 0 Å². The number of nitrogens with zero attached hydrogens (tertiary/aromatic N) is 1. The zero-order valence-electron chi connectivity index (χ0n) is 15.2. The molecule has 1 saturated carbocycles. The van der Waals surface area contributed by atoms with Gasteiger partial charge in [-0.25, -0.2) is 9.78 Å². The third-order valence-electron chi connectivity index (χ3n) is 4.60. The molecule has 1 aromatic heterocycles. The van der Waals surface area contributed by atoms with Crippen LogP contribution in [0.5, 0.6) is 0 Å². The van der Waals surface area contributed by atoms with Crippen LogP contribution >= 0.6 is 22.9 Å². The van der Waals surface area contributed by atoms with Gasteiger partial charge in [-0.2, -0.15) is 0 Å². The Kier molecular flexibility index (Phi) is 6.68. The number of thiazole rings is 1. The number of urea groups is 1. The number of nitrogens with one attached hydrogen (secondary N) is 3. The summed E-state index contributed by atoms with van der Waals surface area (Å²) in [5.41, 5.74) is 2.13. The highest BCUT2D eigenvalue weighted by Gasteiger charge is 2.17. The van der Waals surface area contributed by atoms with E-state index >= 15 is 0 Å². The normalized spacial score (nSPS) is 14.6. The minimum absolute atomic E-state index is 0.133. The van der Waals surface area contributed by atoms with Gasteiger partial charge in [0.25, 0.3) is 0 Å². The minimum Gasteiger partial charge on any atom is -0.335 e. The molecule has 0 aliphatic heterocycles. The van der Waals surface area contributed by atoms with E-state index in [0.717, 1.165) is 31.2 Å². The van der Waals surface area contributed by atoms with E-state index < -0.39 is 0 Å². The maximum Gasteiger partial charge on any atom is 0.321 e. The Hall–Kier alpha value is -2.12. The molecule has 8 heteroatoms. The van der Waals surface area contributed by atoms with Crippen LogP contribution in [0.15, 0.2) is 23.6 Å². The number of benzene rings is 1. The third kappa shape index (κ3) is 5.68. The molecule has 0 spiro atoms. The van der Waals surface area contributed by atoms with Crippen LogP contribution in [0, 0.1) is 6.92 Å². The van der Waals surface area contributed by atoms with Crippen LogP contribution in [-0.4, -0.2) is 23.0 Å². The molecule has 0 atom stereocenters. The van der Waals surface area contributed by atoms with Gasteiger partial charge >= 0.3 is 6.03 Å². The first kappa shape index (κ1) is 19.6. The Labute approximate surface area is 167 Å². The highest BCUT2D eigenvalue weighted by Crippen LogP contribution is 2.23. The maximum atomic E-state index is 12.3. The number of carbonyl (C=O) groups is 2. The largest absolute Gasteiger partial charge is 0.335 e. The predicted molar refractivity (Wildman–Crippen MR) is 110 cm³/mol. The molecule has 0 radical (unpaired) electrons. The first-order valence-electron chi connectivity index (χ1n) is 9.08. The first-order chi connectivity index (χ1) is 13.0. The summed E-state index contributed by atoms with van der Waals surface area (Å²) in [6.45, 7) is 1.85. The molecule has 2 aromatic rings. The lowest BCUT2D eigenvalue weighted by Crippen LogP contribution is -2.39. The van der Waals surface area contributed by atoms with Gasteiger partial charge in [0.05, 0.1) is 12.1 Å². The molecule has 0 bridgehead atoms. The molecule has 1 aliphatic carbocycles. The maximum absolute atomic E-state index is 12.3. The molecule has 1 aromatic carbocycles. The summed E-state index contributed by atoms with van der Waals surface area (Å²) in [5, 5.41) is 11.5. The zero-order chi connectivity index (χ0) is 19.2. The van der Waals surface area contributed by atoms with Crippen molar-refractivity contribution >= 4 is 45.7 Å². The Morgan fingerprint density at radius 3 is 2.78 bits per heavy atom. The number of rotatable bonds is 5. The van der Waals surface area contributed by atoms with Crippen molar-refractivity contribution in [2.24, 2.45) is 0 Å². The number of amides is 3. The van der Waals surface area contributed by atoms with Gasteiger partial charge in [0, 0.05) is 22.1 Å². The number of carbonyl (C=O) groups excluding carboxylic acids is 2. The lowest BCUT2D eigenvalue weighted by Gasteiger charge is -2.22. The van der Waals surface area contributed by atoms with Crippen LogP contribution in [0.25, 0.3) is 0 Å². The molecule has 1 fully saturated rings. The van der Waals surface area contributed by atoms with Crippen LogP contribution in [0.2, 0.25) is 5.02 Å². The fourth-order valence-electron chi connectivity index (χ4n) is 3.11. The van der Waals surface area contributed by atoms with Gasteiger partial charge in [0.2, 0.25) is 5.91 Å². The van der Waals surface area contributed by atoms with E-state index in [1.165, 1.54) is 17.8 Å². The number of hydrogen-bond donors (Lipinski definition) is 3. The van der Waals surface area contributed by atoms with Gasteiger partial charge < -0.3 is 10.6 Å². The molecule has 1 heterocycles. The highest BCUT2D eigenvalue weighted by atomic mass is 35.5. The van der Waals surface area contributed by atoms with Crippen LogP contribution < -0.4 is 16.0 Å². The zero-order valence-corrected chi connectivity index (χ0v) is 16.8. The van der Waals surface area contributed by atoms with Crippen molar-refractivity contribution in [2.45, 2.75) is 51.5 Å². The van der Waals surface area contributed by atoms with Gasteiger partial charge in [-0.15, -0.1) is 11.3 Å². The van der Waals surface area contributed by atoms with Crippen LogP contribution in [0.4, 0.5) is 15.6 Å². The molecular formula is C19H23ClN4O2S. The molecule has 27 heavy (non-hydrogen) atoms.